The van der Waals surface area contributed by atoms with Gasteiger partial charge in [0.05, 0.1) is 0 Å². The second-order valence-corrected chi connectivity index (χ2v) is 6.10. The summed E-state index contributed by atoms with van der Waals surface area (Å²) in [7, 11) is 0. The Morgan fingerprint density at radius 1 is 1.06 bits per heavy atom. The molecule has 0 aromatic heterocycles. The van der Waals surface area contributed by atoms with E-state index >= 15 is 0 Å². The van der Waals surface area contributed by atoms with Gasteiger partial charge < -0.3 is 5.32 Å². The lowest BCUT2D eigenvalue weighted by atomic mass is 10.0. The average Bonchev–Trinajstić information content (AvgIpc) is 2.67. The highest BCUT2D eigenvalue weighted by molar-refractivity contribution is 5.48. The van der Waals surface area contributed by atoms with Crippen LogP contribution in [0.5, 0.6) is 0 Å². The molecule has 0 spiro atoms. The van der Waals surface area contributed by atoms with Crippen molar-refractivity contribution in [2.45, 2.75) is 33.7 Å². The first-order valence-corrected chi connectivity index (χ1v) is 6.41. The second kappa shape index (κ2) is 4.30. The molecule has 1 nitrogen and oxygen atoms in total. The molecule has 1 saturated carbocycles. The van der Waals surface area contributed by atoms with Crippen molar-refractivity contribution >= 4 is 6.08 Å². The molecule has 1 heteroatoms. The lowest BCUT2D eigenvalue weighted by Crippen LogP contribution is -2.22. The zero-order valence-corrected chi connectivity index (χ0v) is 11.3. The van der Waals surface area contributed by atoms with Crippen molar-refractivity contribution in [3.8, 4) is 0 Å². The Morgan fingerprint density at radius 2 is 1.65 bits per heavy atom. The van der Waals surface area contributed by atoms with E-state index in [0.29, 0.717) is 16.9 Å². The first-order chi connectivity index (χ1) is 7.96. The second-order valence-electron chi connectivity index (χ2n) is 6.10. The number of nitrogens with one attached hydrogen (secondary N) is 1. The molecule has 1 aliphatic rings. The van der Waals surface area contributed by atoms with E-state index in [9.17, 15) is 0 Å². The van der Waals surface area contributed by atoms with Gasteiger partial charge in [0.2, 0.25) is 0 Å². The smallest absolute Gasteiger partial charge is 0.0184 e. The summed E-state index contributed by atoms with van der Waals surface area (Å²) in [5, 5.41) is 3.62. The normalized spacial score (nSPS) is 21.9. The van der Waals surface area contributed by atoms with Gasteiger partial charge in [-0.15, -0.1) is 0 Å². The summed E-state index contributed by atoms with van der Waals surface area (Å²) in [5.74, 6) is 0. The highest BCUT2D eigenvalue weighted by Crippen LogP contribution is 2.62. The Hall–Kier alpha value is -1.08. The molecule has 1 N–H and O–H groups in total. The maximum absolute atomic E-state index is 3.62. The molecule has 0 atom stereocenters. The van der Waals surface area contributed by atoms with Gasteiger partial charge in [-0.05, 0) is 16.4 Å². The quantitative estimate of drug-likeness (QED) is 0.829. The molecule has 0 unspecified atom stereocenters. The van der Waals surface area contributed by atoms with Crippen LogP contribution in [0.1, 0.15) is 33.3 Å². The lowest BCUT2D eigenvalue weighted by Gasteiger charge is -2.03. The lowest BCUT2D eigenvalue weighted by molar-refractivity contribution is 0.457. The Morgan fingerprint density at radius 3 is 2.18 bits per heavy atom. The van der Waals surface area contributed by atoms with Crippen molar-refractivity contribution in [1.29, 1.82) is 0 Å². The van der Waals surface area contributed by atoms with Crippen molar-refractivity contribution in [2.75, 3.05) is 6.54 Å². The summed E-state index contributed by atoms with van der Waals surface area (Å²) in [6.07, 6.45) is 4.38. The maximum Gasteiger partial charge on any atom is 0.0184 e. The fourth-order valence-electron chi connectivity index (χ4n) is 2.65. The van der Waals surface area contributed by atoms with E-state index in [1.165, 1.54) is 5.56 Å². The van der Waals surface area contributed by atoms with Crippen molar-refractivity contribution in [3.05, 3.63) is 42.0 Å². The third kappa shape index (κ3) is 2.30. The fraction of sp³-hybridized carbons (Fsp3) is 0.500. The molecule has 1 aromatic carbocycles. The Labute approximate surface area is 105 Å². The van der Waals surface area contributed by atoms with Crippen molar-refractivity contribution in [1.82, 2.24) is 5.32 Å². The molecule has 0 bridgehead atoms. The van der Waals surface area contributed by atoms with Crippen molar-refractivity contribution in [2.24, 2.45) is 10.8 Å². The topological polar surface area (TPSA) is 12.0 Å². The fourth-order valence-corrected chi connectivity index (χ4v) is 2.65. The molecular weight excluding hydrogens is 206 g/mol. The predicted molar refractivity (Wildman–Crippen MR) is 74.8 cm³/mol. The molecule has 1 fully saturated rings. The number of hydrogen-bond acceptors (Lipinski definition) is 1. The van der Waals surface area contributed by atoms with Crippen LogP contribution in [0.15, 0.2) is 36.4 Å². The van der Waals surface area contributed by atoms with Gasteiger partial charge in [-0.3, -0.25) is 0 Å². The van der Waals surface area contributed by atoms with Crippen LogP contribution in [0, 0.1) is 10.8 Å². The average molecular weight is 229 g/mol. The first kappa shape index (κ1) is 12.4. The monoisotopic (exact) mass is 229 g/mol. The van der Waals surface area contributed by atoms with E-state index in [1.54, 1.807) is 0 Å². The van der Waals surface area contributed by atoms with Crippen molar-refractivity contribution in [3.63, 3.8) is 0 Å². The summed E-state index contributed by atoms with van der Waals surface area (Å²) in [5.41, 5.74) is 2.12. The molecule has 2 rings (SSSR count). The standard InChI is InChI=1S/C16H23N/c1-15(2)14(16(15,3)4)17-12-8-11-13-9-6-5-7-10-13/h5-11,14,17H,12H2,1-4H3. The third-order valence-corrected chi connectivity index (χ3v) is 4.57. The molecule has 0 heterocycles. The zero-order valence-electron chi connectivity index (χ0n) is 11.3. The van der Waals surface area contributed by atoms with Gasteiger partial charge in [0.1, 0.15) is 0 Å². The summed E-state index contributed by atoms with van der Waals surface area (Å²) < 4.78 is 0. The Balaban J connectivity index is 1.80. The maximum atomic E-state index is 3.62. The van der Waals surface area contributed by atoms with E-state index < -0.39 is 0 Å². The molecule has 92 valence electrons. The number of hydrogen-bond donors (Lipinski definition) is 1. The SMILES string of the molecule is CC1(C)C(NCC=Cc2ccccc2)C1(C)C. The zero-order chi connectivity index (χ0) is 12.5. The highest BCUT2D eigenvalue weighted by atomic mass is 15.0. The minimum atomic E-state index is 0.424. The van der Waals surface area contributed by atoms with E-state index in [-0.39, 0.29) is 0 Å². The van der Waals surface area contributed by atoms with Crippen LogP contribution in [-0.4, -0.2) is 12.6 Å². The van der Waals surface area contributed by atoms with Gasteiger partial charge in [-0.25, -0.2) is 0 Å². The first-order valence-electron chi connectivity index (χ1n) is 6.41. The summed E-state index contributed by atoms with van der Waals surface area (Å²) >= 11 is 0. The Bertz CT molecular complexity index is 387. The summed E-state index contributed by atoms with van der Waals surface area (Å²) in [6.45, 7) is 10.3. The summed E-state index contributed by atoms with van der Waals surface area (Å²) in [4.78, 5) is 0. The molecule has 0 aliphatic heterocycles. The van der Waals surface area contributed by atoms with Gasteiger partial charge in [0.15, 0.2) is 0 Å². The van der Waals surface area contributed by atoms with Crippen LogP contribution in [0.3, 0.4) is 0 Å². The molecular formula is C16H23N. The van der Waals surface area contributed by atoms with E-state index in [0.717, 1.165) is 6.54 Å². The van der Waals surface area contributed by atoms with Crippen molar-refractivity contribution < 1.29 is 0 Å². The van der Waals surface area contributed by atoms with Crippen LogP contribution >= 0.6 is 0 Å². The predicted octanol–water partition coefficient (Wildman–Crippen LogP) is 3.72. The van der Waals surface area contributed by atoms with Gasteiger partial charge in [0.25, 0.3) is 0 Å². The van der Waals surface area contributed by atoms with E-state index in [1.807, 2.05) is 6.07 Å². The minimum absolute atomic E-state index is 0.424. The van der Waals surface area contributed by atoms with Crippen LogP contribution in [0.25, 0.3) is 6.08 Å². The van der Waals surface area contributed by atoms with Gasteiger partial charge in [-0.2, -0.15) is 0 Å². The molecule has 1 aromatic rings. The molecule has 0 amide bonds. The van der Waals surface area contributed by atoms with Gasteiger partial charge >= 0.3 is 0 Å². The highest BCUT2D eigenvalue weighted by Gasteiger charge is 2.64. The molecule has 1 aliphatic carbocycles. The molecule has 0 radical (unpaired) electrons. The van der Waals surface area contributed by atoms with Gasteiger partial charge in [-0.1, -0.05) is 70.2 Å². The van der Waals surface area contributed by atoms with Crippen LogP contribution in [-0.2, 0) is 0 Å². The van der Waals surface area contributed by atoms with Crippen LogP contribution in [0.4, 0.5) is 0 Å². The third-order valence-electron chi connectivity index (χ3n) is 4.57. The van der Waals surface area contributed by atoms with Gasteiger partial charge in [0, 0.05) is 12.6 Å². The van der Waals surface area contributed by atoms with E-state index in [2.05, 4.69) is 69.4 Å². The minimum Gasteiger partial charge on any atom is -0.309 e. The van der Waals surface area contributed by atoms with Crippen LogP contribution in [0.2, 0.25) is 0 Å². The largest absolute Gasteiger partial charge is 0.309 e. The van der Waals surface area contributed by atoms with E-state index in [4.69, 9.17) is 0 Å². The molecule has 17 heavy (non-hydrogen) atoms. The number of benzene rings is 1. The summed E-state index contributed by atoms with van der Waals surface area (Å²) in [6, 6.07) is 11.1. The van der Waals surface area contributed by atoms with Crippen LogP contribution < -0.4 is 5.32 Å². The molecule has 0 saturated heterocycles. The Kier molecular flexibility index (Phi) is 3.13. The number of rotatable bonds is 4.